The molecule has 0 saturated carbocycles. The second-order valence-electron chi connectivity index (χ2n) is 2.57. The Hall–Kier alpha value is -0.560. The Labute approximate surface area is 71.0 Å². The SMILES string of the molecule is [CH2]C(C)c1ccc(Cl)c(F)c1. The van der Waals surface area contributed by atoms with E-state index >= 15 is 0 Å². The van der Waals surface area contributed by atoms with Crippen LogP contribution < -0.4 is 0 Å². The largest absolute Gasteiger partial charge is 0.205 e. The van der Waals surface area contributed by atoms with Crippen LogP contribution in [-0.2, 0) is 0 Å². The average Bonchev–Trinajstić information content (AvgIpc) is 1.94. The maximum Gasteiger partial charge on any atom is 0.142 e. The monoisotopic (exact) mass is 171 g/mol. The van der Waals surface area contributed by atoms with Gasteiger partial charge in [0.15, 0.2) is 0 Å². The van der Waals surface area contributed by atoms with Crippen molar-refractivity contribution < 1.29 is 4.39 Å². The topological polar surface area (TPSA) is 0 Å². The van der Waals surface area contributed by atoms with Crippen LogP contribution in [0.15, 0.2) is 18.2 Å². The van der Waals surface area contributed by atoms with Crippen LogP contribution in [-0.4, -0.2) is 0 Å². The summed E-state index contributed by atoms with van der Waals surface area (Å²) in [5, 5.41) is 0.161. The fourth-order valence-electron chi connectivity index (χ4n) is 0.819. The lowest BCUT2D eigenvalue weighted by atomic mass is 10.0. The lowest BCUT2D eigenvalue weighted by molar-refractivity contribution is 0.625. The molecule has 0 saturated heterocycles. The quantitative estimate of drug-likeness (QED) is 0.608. The first kappa shape index (κ1) is 8.54. The summed E-state index contributed by atoms with van der Waals surface area (Å²) in [6, 6.07) is 4.75. The number of rotatable bonds is 1. The maximum absolute atomic E-state index is 12.8. The Morgan fingerprint density at radius 2 is 2.18 bits per heavy atom. The van der Waals surface area contributed by atoms with Crippen LogP contribution in [0, 0.1) is 12.7 Å². The van der Waals surface area contributed by atoms with E-state index in [2.05, 4.69) is 6.92 Å². The van der Waals surface area contributed by atoms with Crippen molar-refractivity contribution in [1.29, 1.82) is 0 Å². The maximum atomic E-state index is 12.8. The van der Waals surface area contributed by atoms with E-state index in [0.29, 0.717) is 0 Å². The lowest BCUT2D eigenvalue weighted by Gasteiger charge is -2.04. The van der Waals surface area contributed by atoms with Crippen LogP contribution in [0.25, 0.3) is 0 Å². The van der Waals surface area contributed by atoms with Gasteiger partial charge in [0.2, 0.25) is 0 Å². The summed E-state index contributed by atoms with van der Waals surface area (Å²) < 4.78 is 12.8. The predicted molar refractivity (Wildman–Crippen MR) is 45.2 cm³/mol. The predicted octanol–water partition coefficient (Wildman–Crippen LogP) is 3.42. The second-order valence-corrected chi connectivity index (χ2v) is 2.98. The van der Waals surface area contributed by atoms with Gasteiger partial charge in [-0.2, -0.15) is 0 Å². The van der Waals surface area contributed by atoms with Crippen molar-refractivity contribution >= 4 is 11.6 Å². The first-order valence-corrected chi connectivity index (χ1v) is 3.77. The molecule has 11 heavy (non-hydrogen) atoms. The normalized spacial score (nSPS) is 10.6. The Bertz CT molecular complexity index is 256. The summed E-state index contributed by atoms with van der Waals surface area (Å²) in [6.45, 7) is 5.68. The number of hydrogen-bond acceptors (Lipinski definition) is 0. The molecule has 0 amide bonds. The van der Waals surface area contributed by atoms with Crippen molar-refractivity contribution in [3.05, 3.63) is 41.5 Å². The van der Waals surface area contributed by atoms with Crippen LogP contribution >= 0.6 is 11.6 Å². The van der Waals surface area contributed by atoms with Gasteiger partial charge in [0.25, 0.3) is 0 Å². The Kier molecular flexibility index (Phi) is 2.50. The zero-order valence-corrected chi connectivity index (χ0v) is 7.03. The molecule has 0 bridgehead atoms. The number of hydrogen-bond donors (Lipinski definition) is 0. The summed E-state index contributed by atoms with van der Waals surface area (Å²) in [6.07, 6.45) is 0. The zero-order chi connectivity index (χ0) is 8.43. The molecule has 0 spiro atoms. The molecule has 2 heteroatoms. The van der Waals surface area contributed by atoms with E-state index in [9.17, 15) is 4.39 Å². The second kappa shape index (κ2) is 3.22. The molecule has 0 N–H and O–H groups in total. The molecule has 1 unspecified atom stereocenters. The minimum Gasteiger partial charge on any atom is -0.205 e. The first-order chi connectivity index (χ1) is 5.11. The van der Waals surface area contributed by atoms with E-state index in [1.807, 2.05) is 6.92 Å². The van der Waals surface area contributed by atoms with E-state index < -0.39 is 0 Å². The van der Waals surface area contributed by atoms with Gasteiger partial charge in [0.05, 0.1) is 5.02 Å². The van der Waals surface area contributed by atoms with Gasteiger partial charge in [-0.15, -0.1) is 0 Å². The van der Waals surface area contributed by atoms with Gasteiger partial charge in [-0.3, -0.25) is 0 Å². The van der Waals surface area contributed by atoms with Crippen LogP contribution in [0.5, 0.6) is 0 Å². The molecule has 0 fully saturated rings. The highest BCUT2D eigenvalue weighted by Gasteiger charge is 2.03. The molecule has 0 aliphatic rings. The summed E-state index contributed by atoms with van der Waals surface area (Å²) in [5.74, 6) is -0.276. The third-order valence-corrected chi connectivity index (χ3v) is 1.82. The van der Waals surface area contributed by atoms with Crippen molar-refractivity contribution in [3.63, 3.8) is 0 Å². The number of benzene rings is 1. The average molecular weight is 172 g/mol. The molecular formula is C9H9ClF. The van der Waals surface area contributed by atoms with Crippen molar-refractivity contribution in [2.75, 3.05) is 0 Å². The van der Waals surface area contributed by atoms with Crippen LogP contribution in [0.1, 0.15) is 18.4 Å². The van der Waals surface area contributed by atoms with Crippen LogP contribution in [0.4, 0.5) is 4.39 Å². The van der Waals surface area contributed by atoms with E-state index in [1.165, 1.54) is 6.07 Å². The molecule has 1 aromatic rings. The molecule has 0 aliphatic carbocycles. The molecular weight excluding hydrogens is 163 g/mol. The van der Waals surface area contributed by atoms with E-state index in [0.717, 1.165) is 5.56 Å². The molecule has 1 atom stereocenters. The Morgan fingerprint density at radius 1 is 1.55 bits per heavy atom. The minimum absolute atomic E-state index is 0.0989. The fourth-order valence-corrected chi connectivity index (χ4v) is 0.936. The molecule has 0 heterocycles. The third kappa shape index (κ3) is 1.93. The van der Waals surface area contributed by atoms with Gasteiger partial charge < -0.3 is 0 Å². The Morgan fingerprint density at radius 3 is 2.64 bits per heavy atom. The third-order valence-electron chi connectivity index (χ3n) is 1.51. The molecule has 0 nitrogen and oxygen atoms in total. The van der Waals surface area contributed by atoms with E-state index in [-0.39, 0.29) is 16.8 Å². The highest BCUT2D eigenvalue weighted by Crippen LogP contribution is 2.20. The van der Waals surface area contributed by atoms with Gasteiger partial charge >= 0.3 is 0 Å². The fraction of sp³-hybridized carbons (Fsp3) is 0.222. The standard InChI is InChI=1S/C9H9ClF/c1-6(2)7-3-4-8(10)9(11)5-7/h3-6H,1H2,2H3. The molecule has 1 rings (SSSR count). The molecule has 59 valence electrons. The van der Waals surface area contributed by atoms with Crippen molar-refractivity contribution in [2.24, 2.45) is 0 Å². The van der Waals surface area contributed by atoms with Crippen LogP contribution in [0.2, 0.25) is 5.02 Å². The highest BCUT2D eigenvalue weighted by molar-refractivity contribution is 6.30. The zero-order valence-electron chi connectivity index (χ0n) is 6.27. The summed E-state index contributed by atoms with van der Waals surface area (Å²) >= 11 is 5.49. The highest BCUT2D eigenvalue weighted by atomic mass is 35.5. The molecule has 0 aliphatic heterocycles. The smallest absolute Gasteiger partial charge is 0.142 e. The summed E-state index contributed by atoms with van der Waals surface area (Å²) in [4.78, 5) is 0. The van der Waals surface area contributed by atoms with E-state index in [4.69, 9.17) is 11.6 Å². The van der Waals surface area contributed by atoms with E-state index in [1.54, 1.807) is 12.1 Å². The molecule has 0 aromatic heterocycles. The summed E-state index contributed by atoms with van der Waals surface area (Å²) in [5.41, 5.74) is 0.868. The lowest BCUT2D eigenvalue weighted by Crippen LogP contribution is -1.88. The van der Waals surface area contributed by atoms with Gasteiger partial charge in [-0.25, -0.2) is 4.39 Å². The van der Waals surface area contributed by atoms with Crippen LogP contribution in [0.3, 0.4) is 0 Å². The summed E-state index contributed by atoms with van der Waals surface area (Å²) in [7, 11) is 0. The van der Waals surface area contributed by atoms with Crippen molar-refractivity contribution in [3.8, 4) is 0 Å². The molecule has 1 aromatic carbocycles. The van der Waals surface area contributed by atoms with Gasteiger partial charge in [0.1, 0.15) is 5.82 Å². The molecule has 1 radical (unpaired) electrons. The van der Waals surface area contributed by atoms with Crippen molar-refractivity contribution in [2.45, 2.75) is 12.8 Å². The first-order valence-electron chi connectivity index (χ1n) is 3.39. The Balaban J connectivity index is 3.05. The van der Waals surface area contributed by atoms with Gasteiger partial charge in [-0.05, 0) is 30.5 Å². The number of halogens is 2. The van der Waals surface area contributed by atoms with Crippen molar-refractivity contribution in [1.82, 2.24) is 0 Å². The van der Waals surface area contributed by atoms with Gasteiger partial charge in [-0.1, -0.05) is 24.6 Å². The van der Waals surface area contributed by atoms with Gasteiger partial charge in [0, 0.05) is 0 Å². The minimum atomic E-state index is -0.375.